The number of aromatic nitrogens is 1. The van der Waals surface area contributed by atoms with Crippen LogP contribution < -0.4 is 0 Å². The first kappa shape index (κ1) is 17.8. The zero-order valence-electron chi connectivity index (χ0n) is 13.9. The molecule has 0 saturated carbocycles. The minimum atomic E-state index is -0.317. The summed E-state index contributed by atoms with van der Waals surface area (Å²) < 4.78 is 0.828. The lowest BCUT2D eigenvalue weighted by atomic mass is 10.00. The fourth-order valence-corrected chi connectivity index (χ4v) is 4.43. The Bertz CT molecular complexity index is 636. The Morgan fingerprint density at radius 1 is 1.38 bits per heavy atom. The molecule has 0 spiro atoms. The van der Waals surface area contributed by atoms with Crippen LogP contribution in [0.15, 0.2) is 36.5 Å². The van der Waals surface area contributed by atoms with Crippen LogP contribution in [-0.4, -0.2) is 58.7 Å². The molecule has 24 heavy (non-hydrogen) atoms. The van der Waals surface area contributed by atoms with Crippen molar-refractivity contribution in [3.05, 3.63) is 51.4 Å². The van der Waals surface area contributed by atoms with Gasteiger partial charge in [-0.3, -0.25) is 9.88 Å². The number of rotatable bonds is 6. The third kappa shape index (κ3) is 4.77. The summed E-state index contributed by atoms with van der Waals surface area (Å²) in [6.07, 6.45) is 3.42. The highest BCUT2D eigenvalue weighted by Crippen LogP contribution is 2.25. The van der Waals surface area contributed by atoms with Gasteiger partial charge >= 0.3 is 0 Å². The van der Waals surface area contributed by atoms with E-state index in [1.807, 2.05) is 24.4 Å². The lowest BCUT2D eigenvalue weighted by Gasteiger charge is -2.40. The molecule has 1 saturated heterocycles. The molecule has 0 radical (unpaired) electrons. The summed E-state index contributed by atoms with van der Waals surface area (Å²) in [5.74, 6) is 0. The Morgan fingerprint density at radius 3 is 2.92 bits per heavy atom. The van der Waals surface area contributed by atoms with E-state index in [2.05, 4.69) is 34.0 Å². The SMILES string of the molecule is CN(CCc1ccccn1)[C@@H]1CCN(Cc2ccc(Cl)s2)C[C@H]1O. The minimum absolute atomic E-state index is 0.219. The molecule has 1 aliphatic heterocycles. The van der Waals surface area contributed by atoms with E-state index in [0.29, 0.717) is 6.54 Å². The summed E-state index contributed by atoms with van der Waals surface area (Å²) in [7, 11) is 2.10. The molecule has 2 aromatic heterocycles. The Hall–Kier alpha value is -0.980. The maximum Gasteiger partial charge on any atom is 0.0931 e. The number of β-amino-alcohol motifs (C(OH)–C–C–N with tert-alkyl or cyclic N) is 1. The third-order valence-corrected chi connectivity index (χ3v) is 5.87. The molecule has 2 atom stereocenters. The first-order valence-electron chi connectivity index (χ1n) is 8.36. The van der Waals surface area contributed by atoms with E-state index in [4.69, 9.17) is 11.6 Å². The molecule has 1 N–H and O–H groups in total. The van der Waals surface area contributed by atoms with E-state index < -0.39 is 0 Å². The fraction of sp³-hybridized carbons (Fsp3) is 0.500. The average molecular weight is 366 g/mol. The van der Waals surface area contributed by atoms with Crippen LogP contribution in [0, 0.1) is 0 Å². The molecule has 0 aliphatic carbocycles. The van der Waals surface area contributed by atoms with Crippen LogP contribution >= 0.6 is 22.9 Å². The largest absolute Gasteiger partial charge is 0.390 e. The summed E-state index contributed by atoms with van der Waals surface area (Å²) in [4.78, 5) is 10.2. The van der Waals surface area contributed by atoms with Crippen LogP contribution in [0.4, 0.5) is 0 Å². The van der Waals surface area contributed by atoms with E-state index in [0.717, 1.165) is 42.5 Å². The summed E-state index contributed by atoms with van der Waals surface area (Å²) in [5, 5.41) is 10.6. The van der Waals surface area contributed by atoms with Gasteiger partial charge in [-0.05, 0) is 37.7 Å². The molecule has 3 heterocycles. The molecule has 130 valence electrons. The Balaban J connectivity index is 1.47. The summed E-state index contributed by atoms with van der Waals surface area (Å²) in [6.45, 7) is 3.51. The second-order valence-electron chi connectivity index (χ2n) is 6.42. The van der Waals surface area contributed by atoms with Crippen molar-refractivity contribution in [2.24, 2.45) is 0 Å². The highest BCUT2D eigenvalue weighted by molar-refractivity contribution is 7.16. The highest BCUT2D eigenvalue weighted by Gasteiger charge is 2.30. The average Bonchev–Trinajstić information content (AvgIpc) is 2.98. The van der Waals surface area contributed by atoms with Gasteiger partial charge in [0.15, 0.2) is 0 Å². The number of hydrogen-bond acceptors (Lipinski definition) is 5. The van der Waals surface area contributed by atoms with E-state index in [9.17, 15) is 5.11 Å². The van der Waals surface area contributed by atoms with Crippen LogP contribution in [-0.2, 0) is 13.0 Å². The van der Waals surface area contributed by atoms with Gasteiger partial charge in [0.1, 0.15) is 0 Å². The molecule has 6 heteroatoms. The van der Waals surface area contributed by atoms with Crippen molar-refractivity contribution in [2.45, 2.75) is 31.5 Å². The normalized spacial score (nSPS) is 22.2. The van der Waals surface area contributed by atoms with Crippen LogP contribution in [0.1, 0.15) is 17.0 Å². The van der Waals surface area contributed by atoms with Crippen molar-refractivity contribution in [2.75, 3.05) is 26.7 Å². The summed E-state index contributed by atoms with van der Waals surface area (Å²) in [6, 6.07) is 10.2. The van der Waals surface area contributed by atoms with E-state index in [-0.39, 0.29) is 12.1 Å². The van der Waals surface area contributed by atoms with Crippen molar-refractivity contribution in [1.82, 2.24) is 14.8 Å². The second-order valence-corrected chi connectivity index (χ2v) is 8.22. The molecule has 2 aromatic rings. The molecular weight excluding hydrogens is 342 g/mol. The maximum atomic E-state index is 10.6. The summed E-state index contributed by atoms with van der Waals surface area (Å²) in [5.41, 5.74) is 1.10. The Morgan fingerprint density at radius 2 is 2.25 bits per heavy atom. The monoisotopic (exact) mass is 365 g/mol. The Kier molecular flexibility index (Phi) is 6.25. The molecule has 1 aliphatic rings. The van der Waals surface area contributed by atoms with Crippen molar-refractivity contribution >= 4 is 22.9 Å². The van der Waals surface area contributed by atoms with Gasteiger partial charge in [0.25, 0.3) is 0 Å². The second kappa shape index (κ2) is 8.41. The molecule has 0 unspecified atom stereocenters. The van der Waals surface area contributed by atoms with Crippen molar-refractivity contribution in [3.8, 4) is 0 Å². The number of hydrogen-bond donors (Lipinski definition) is 1. The van der Waals surface area contributed by atoms with Crippen LogP contribution in [0.3, 0.4) is 0 Å². The van der Waals surface area contributed by atoms with Crippen LogP contribution in [0.2, 0.25) is 4.34 Å². The predicted octanol–water partition coefficient (Wildman–Crippen LogP) is 2.91. The number of aliphatic hydroxyl groups excluding tert-OH is 1. The number of nitrogens with zero attached hydrogens (tertiary/aromatic N) is 3. The predicted molar refractivity (Wildman–Crippen MR) is 99.6 cm³/mol. The maximum absolute atomic E-state index is 10.6. The first-order valence-corrected chi connectivity index (χ1v) is 9.56. The molecule has 0 bridgehead atoms. The molecular formula is C18H24ClN3OS. The lowest BCUT2D eigenvalue weighted by molar-refractivity contribution is -0.00591. The quantitative estimate of drug-likeness (QED) is 0.854. The van der Waals surface area contributed by atoms with Gasteiger partial charge in [-0.2, -0.15) is 0 Å². The van der Waals surface area contributed by atoms with Gasteiger partial charge in [0.05, 0.1) is 10.4 Å². The van der Waals surface area contributed by atoms with E-state index in [1.54, 1.807) is 11.3 Å². The number of piperidine rings is 1. The van der Waals surface area contributed by atoms with E-state index in [1.165, 1.54) is 4.88 Å². The number of halogens is 1. The van der Waals surface area contributed by atoms with Gasteiger partial charge in [0, 0.05) is 55.4 Å². The van der Waals surface area contributed by atoms with Gasteiger partial charge < -0.3 is 10.0 Å². The van der Waals surface area contributed by atoms with Crippen molar-refractivity contribution in [3.63, 3.8) is 0 Å². The number of thiophene rings is 1. The van der Waals surface area contributed by atoms with Crippen molar-refractivity contribution in [1.29, 1.82) is 0 Å². The van der Waals surface area contributed by atoms with E-state index >= 15 is 0 Å². The Labute approximate surface area is 152 Å². The minimum Gasteiger partial charge on any atom is -0.390 e. The lowest BCUT2D eigenvalue weighted by Crippen LogP contribution is -2.53. The first-order chi connectivity index (χ1) is 11.6. The standard InChI is InChI=1S/C18H24ClN3OS/c1-21(10-7-14-4-2-3-9-20-14)16-8-11-22(13-17(16)23)12-15-5-6-18(19)24-15/h2-6,9,16-17,23H,7-8,10-13H2,1H3/t16-,17-/m1/s1. The zero-order chi connectivity index (χ0) is 16.9. The van der Waals surface area contributed by atoms with Crippen LogP contribution in [0.25, 0.3) is 0 Å². The molecule has 0 aromatic carbocycles. The number of aliphatic hydroxyl groups is 1. The molecule has 4 nitrogen and oxygen atoms in total. The highest BCUT2D eigenvalue weighted by atomic mass is 35.5. The third-order valence-electron chi connectivity index (χ3n) is 4.65. The van der Waals surface area contributed by atoms with Crippen LogP contribution in [0.5, 0.6) is 0 Å². The molecule has 1 fully saturated rings. The van der Waals surface area contributed by atoms with Gasteiger partial charge in [-0.25, -0.2) is 0 Å². The number of likely N-dealkylation sites (N-methyl/N-ethyl adjacent to an activating group) is 1. The molecule has 3 rings (SSSR count). The number of pyridine rings is 1. The van der Waals surface area contributed by atoms with Crippen molar-refractivity contribution < 1.29 is 5.11 Å². The fourth-order valence-electron chi connectivity index (χ4n) is 3.30. The molecule has 0 amide bonds. The number of likely N-dealkylation sites (tertiary alicyclic amines) is 1. The smallest absolute Gasteiger partial charge is 0.0931 e. The van der Waals surface area contributed by atoms with Gasteiger partial charge in [0.2, 0.25) is 0 Å². The van der Waals surface area contributed by atoms with Gasteiger partial charge in [-0.1, -0.05) is 17.7 Å². The topological polar surface area (TPSA) is 39.6 Å². The van der Waals surface area contributed by atoms with Gasteiger partial charge in [-0.15, -0.1) is 11.3 Å². The summed E-state index contributed by atoms with van der Waals surface area (Å²) >= 11 is 7.62. The zero-order valence-corrected chi connectivity index (χ0v) is 15.5.